The van der Waals surface area contributed by atoms with Crippen LogP contribution in [0.15, 0.2) is 52.9 Å². The molecule has 2 aromatic carbocycles. The number of carbonyl (C=O) groups excluding carboxylic acids is 2. The van der Waals surface area contributed by atoms with Crippen LogP contribution in [0.1, 0.15) is 67.5 Å². The van der Waals surface area contributed by atoms with Crippen molar-refractivity contribution in [1.82, 2.24) is 10.6 Å². The van der Waals surface area contributed by atoms with Crippen molar-refractivity contribution in [2.75, 3.05) is 13.2 Å². The summed E-state index contributed by atoms with van der Waals surface area (Å²) in [5.41, 5.74) is -0.421. The molecular weight excluding hydrogens is 532 g/mol. The fraction of sp³-hybridized carbons (Fsp3) is 0.452. The number of nitriles is 1. The molecule has 214 valence electrons. The van der Waals surface area contributed by atoms with Crippen molar-refractivity contribution < 1.29 is 32.6 Å². The van der Waals surface area contributed by atoms with Crippen LogP contribution in [-0.4, -0.2) is 47.1 Å². The molecule has 10 heteroatoms. The highest BCUT2D eigenvalue weighted by molar-refractivity contribution is 6.00. The number of rotatable bonds is 6. The third-order valence-corrected chi connectivity index (χ3v) is 8.76. The summed E-state index contributed by atoms with van der Waals surface area (Å²) in [5.74, 6) is -4.26. The molecule has 3 aliphatic rings. The Labute approximate surface area is 235 Å². The van der Waals surface area contributed by atoms with Crippen molar-refractivity contribution in [1.29, 1.82) is 5.26 Å². The first-order valence-electron chi connectivity index (χ1n) is 13.9. The number of hydrogen-bond acceptors (Lipinski definition) is 6. The number of benzene rings is 2. The molecule has 6 rings (SSSR count). The number of hydrogen-bond donors (Lipinski definition) is 3. The van der Waals surface area contributed by atoms with Crippen LogP contribution in [-0.2, 0) is 15.1 Å². The van der Waals surface area contributed by atoms with E-state index >= 15 is 0 Å². The van der Waals surface area contributed by atoms with Gasteiger partial charge in [0.25, 0.3) is 5.91 Å². The minimum Gasteiger partial charge on any atom is -0.451 e. The van der Waals surface area contributed by atoms with E-state index in [1.54, 1.807) is 12.1 Å². The van der Waals surface area contributed by atoms with Crippen LogP contribution in [0.3, 0.4) is 0 Å². The molecule has 2 amide bonds. The maximum Gasteiger partial charge on any atom is 0.287 e. The average molecular weight is 564 g/mol. The highest BCUT2D eigenvalue weighted by atomic mass is 19.3. The Bertz CT molecular complexity index is 1520. The van der Waals surface area contributed by atoms with Crippen LogP contribution in [0, 0.1) is 11.3 Å². The lowest BCUT2D eigenvalue weighted by Gasteiger charge is -2.39. The molecule has 1 aromatic heterocycles. The number of nitrogens with one attached hydrogen (secondary N) is 2. The maximum atomic E-state index is 14.0. The van der Waals surface area contributed by atoms with Gasteiger partial charge in [0.15, 0.2) is 5.76 Å². The van der Waals surface area contributed by atoms with Crippen molar-refractivity contribution in [3.63, 3.8) is 0 Å². The second kappa shape index (κ2) is 9.93. The summed E-state index contributed by atoms with van der Waals surface area (Å²) in [4.78, 5) is 26.6. The van der Waals surface area contributed by atoms with Crippen molar-refractivity contribution >= 4 is 22.8 Å². The van der Waals surface area contributed by atoms with Gasteiger partial charge in [0.1, 0.15) is 16.7 Å². The third kappa shape index (κ3) is 5.32. The van der Waals surface area contributed by atoms with Crippen LogP contribution in [0.2, 0.25) is 0 Å². The van der Waals surface area contributed by atoms with Gasteiger partial charge < -0.3 is 24.9 Å². The summed E-state index contributed by atoms with van der Waals surface area (Å²) in [6.45, 7) is 1.03. The standard InChI is InChI=1S/C31H31F2N3O5/c32-31(33)11-9-29(10-12-31,27(38)36-28(19-34)7-8-28)35-26(37)25-18-22-2-1-21(17-24(22)41-25)20-3-5-23(6-4-20)30(39)13-15-40-16-14-30/h1-6,17-18,39H,7-16H2,(H,35,37)(H,36,38). The van der Waals surface area contributed by atoms with E-state index in [0.717, 1.165) is 16.7 Å². The summed E-state index contributed by atoms with van der Waals surface area (Å²) in [7, 11) is 0. The maximum absolute atomic E-state index is 14.0. The number of aliphatic hydroxyl groups is 1. The zero-order chi connectivity index (χ0) is 28.9. The number of amides is 2. The van der Waals surface area contributed by atoms with Crippen LogP contribution in [0.25, 0.3) is 22.1 Å². The van der Waals surface area contributed by atoms with Gasteiger partial charge in [-0.2, -0.15) is 5.26 Å². The topological polar surface area (TPSA) is 125 Å². The van der Waals surface area contributed by atoms with E-state index < -0.39 is 47.3 Å². The van der Waals surface area contributed by atoms with E-state index in [4.69, 9.17) is 9.15 Å². The van der Waals surface area contributed by atoms with Crippen molar-refractivity contribution in [3.05, 3.63) is 59.9 Å². The lowest BCUT2D eigenvalue weighted by atomic mass is 9.78. The number of nitrogens with zero attached hydrogens (tertiary/aromatic N) is 1. The molecule has 0 bridgehead atoms. The molecule has 2 aliphatic carbocycles. The Kier molecular flexibility index (Phi) is 6.63. The first-order chi connectivity index (χ1) is 19.5. The lowest BCUT2D eigenvalue weighted by Crippen LogP contribution is -2.62. The second-order valence-corrected chi connectivity index (χ2v) is 11.6. The van der Waals surface area contributed by atoms with E-state index in [1.807, 2.05) is 36.4 Å². The SMILES string of the molecule is N#CC1(NC(=O)C2(NC(=O)c3cc4ccc(-c5ccc(C6(O)CCOCC6)cc5)cc4o3)CCC(F)(F)CC2)CC1. The summed E-state index contributed by atoms with van der Waals surface area (Å²) < 4.78 is 39.3. The van der Waals surface area contributed by atoms with Gasteiger partial charge in [0.2, 0.25) is 11.8 Å². The Morgan fingerprint density at radius 1 is 0.854 bits per heavy atom. The fourth-order valence-corrected chi connectivity index (χ4v) is 5.75. The van der Waals surface area contributed by atoms with Gasteiger partial charge in [0.05, 0.1) is 11.7 Å². The molecule has 0 unspecified atom stereocenters. The van der Waals surface area contributed by atoms with E-state index in [2.05, 4.69) is 16.7 Å². The molecule has 0 atom stereocenters. The van der Waals surface area contributed by atoms with Crippen LogP contribution < -0.4 is 10.6 Å². The van der Waals surface area contributed by atoms with Crippen LogP contribution >= 0.6 is 0 Å². The predicted molar refractivity (Wildman–Crippen MR) is 145 cm³/mol. The largest absolute Gasteiger partial charge is 0.451 e. The number of halogens is 2. The van der Waals surface area contributed by atoms with E-state index in [9.17, 15) is 28.7 Å². The minimum atomic E-state index is -2.92. The van der Waals surface area contributed by atoms with Gasteiger partial charge in [-0.3, -0.25) is 9.59 Å². The molecule has 2 heterocycles. The molecule has 3 N–H and O–H groups in total. The van der Waals surface area contributed by atoms with Crippen LogP contribution in [0.4, 0.5) is 8.78 Å². The first-order valence-corrected chi connectivity index (χ1v) is 13.9. The molecule has 1 aliphatic heterocycles. The van der Waals surface area contributed by atoms with Gasteiger partial charge >= 0.3 is 0 Å². The fourth-order valence-electron chi connectivity index (χ4n) is 5.75. The highest BCUT2D eigenvalue weighted by Gasteiger charge is 2.53. The molecule has 0 spiro atoms. The minimum absolute atomic E-state index is 0.0415. The number of alkyl halides is 2. The van der Waals surface area contributed by atoms with Crippen molar-refractivity contribution in [3.8, 4) is 17.2 Å². The Balaban J connectivity index is 1.21. The van der Waals surface area contributed by atoms with Gasteiger partial charge in [-0.15, -0.1) is 0 Å². The van der Waals surface area contributed by atoms with Crippen molar-refractivity contribution in [2.24, 2.45) is 0 Å². The number of carbonyl (C=O) groups is 2. The van der Waals surface area contributed by atoms with Gasteiger partial charge in [-0.05, 0) is 54.5 Å². The smallest absolute Gasteiger partial charge is 0.287 e. The molecular formula is C31H31F2N3O5. The number of furan rings is 1. The van der Waals surface area contributed by atoms with E-state index in [0.29, 0.717) is 49.9 Å². The zero-order valence-corrected chi connectivity index (χ0v) is 22.5. The van der Waals surface area contributed by atoms with Crippen LogP contribution in [0.5, 0.6) is 0 Å². The van der Waals surface area contributed by atoms with Crippen molar-refractivity contribution in [2.45, 2.75) is 74.0 Å². The molecule has 3 aromatic rings. The highest BCUT2D eigenvalue weighted by Crippen LogP contribution is 2.41. The molecule has 0 radical (unpaired) electrons. The number of fused-ring (bicyclic) bond motifs is 1. The zero-order valence-electron chi connectivity index (χ0n) is 22.5. The third-order valence-electron chi connectivity index (χ3n) is 8.76. The molecule has 41 heavy (non-hydrogen) atoms. The van der Waals surface area contributed by atoms with Gasteiger partial charge in [0, 0.05) is 44.3 Å². The monoisotopic (exact) mass is 563 g/mol. The first kappa shape index (κ1) is 27.4. The summed E-state index contributed by atoms with van der Waals surface area (Å²) >= 11 is 0. The number of ether oxygens (including phenoxy) is 1. The Morgan fingerprint density at radius 3 is 2.15 bits per heavy atom. The van der Waals surface area contributed by atoms with E-state index in [1.165, 1.54) is 0 Å². The van der Waals surface area contributed by atoms with E-state index in [-0.39, 0.29) is 18.6 Å². The average Bonchev–Trinajstić information content (AvgIpc) is 3.61. The summed E-state index contributed by atoms with van der Waals surface area (Å²) in [6, 6.07) is 16.8. The predicted octanol–water partition coefficient (Wildman–Crippen LogP) is 4.95. The Morgan fingerprint density at radius 2 is 1.51 bits per heavy atom. The Hall–Kier alpha value is -3.81. The quantitative estimate of drug-likeness (QED) is 0.390. The molecule has 2 saturated carbocycles. The molecule has 3 fully saturated rings. The lowest BCUT2D eigenvalue weighted by molar-refractivity contribution is -0.133. The normalized spacial score (nSPS) is 21.9. The molecule has 1 saturated heterocycles. The second-order valence-electron chi connectivity index (χ2n) is 11.6. The van der Waals surface area contributed by atoms with Gasteiger partial charge in [-0.25, -0.2) is 8.78 Å². The summed E-state index contributed by atoms with van der Waals surface area (Å²) in [6.07, 6.45) is 0.463. The van der Waals surface area contributed by atoms with Gasteiger partial charge in [-0.1, -0.05) is 36.4 Å². The summed E-state index contributed by atoms with van der Waals surface area (Å²) in [5, 5.41) is 26.4. The molecule has 8 nitrogen and oxygen atoms in total.